The summed E-state index contributed by atoms with van der Waals surface area (Å²) in [6.07, 6.45) is 0. The summed E-state index contributed by atoms with van der Waals surface area (Å²) in [6.45, 7) is 6.57. The van der Waals surface area contributed by atoms with Gasteiger partial charge in [-0.25, -0.2) is 13.8 Å². The third-order valence-corrected chi connectivity index (χ3v) is 7.99. The van der Waals surface area contributed by atoms with Gasteiger partial charge >= 0.3 is 5.69 Å². The molecule has 4 aromatic carbocycles. The molecule has 0 aliphatic heterocycles. The number of primary amides is 1. The molecule has 0 aliphatic rings. The number of aromatic nitrogens is 3. The molecule has 2 aromatic heterocycles. The summed E-state index contributed by atoms with van der Waals surface area (Å²) in [5.74, 6) is -1.41. The van der Waals surface area contributed by atoms with Crippen LogP contribution in [0.5, 0.6) is 0 Å². The second kappa shape index (κ2) is 9.51. The van der Waals surface area contributed by atoms with Crippen LogP contribution in [0.25, 0.3) is 49.5 Å². The maximum Gasteiger partial charge on any atom is 0.333 e. The zero-order chi connectivity index (χ0) is 31.0. The lowest BCUT2D eigenvalue weighted by Crippen LogP contribution is -2.34. The summed E-state index contributed by atoms with van der Waals surface area (Å²) in [4.78, 5) is 45.1. The van der Waals surface area contributed by atoms with Gasteiger partial charge in [-0.05, 0) is 74.2 Å². The molecule has 0 spiro atoms. The first-order valence-corrected chi connectivity index (χ1v) is 13.4. The van der Waals surface area contributed by atoms with E-state index in [2.05, 4.69) is 16.0 Å². The van der Waals surface area contributed by atoms with Gasteiger partial charge in [-0.3, -0.25) is 9.59 Å². The predicted octanol–water partition coefficient (Wildman–Crippen LogP) is 4.93. The highest BCUT2D eigenvalue weighted by molar-refractivity contribution is 6.21. The van der Waals surface area contributed by atoms with Crippen LogP contribution in [0.3, 0.4) is 0 Å². The Kier molecular flexibility index (Phi) is 6.11. The minimum atomic E-state index is -1.13. The minimum Gasteiger partial charge on any atom is -0.386 e. The van der Waals surface area contributed by atoms with E-state index in [1.165, 1.54) is 18.2 Å². The zero-order valence-corrected chi connectivity index (χ0v) is 23.7. The van der Waals surface area contributed by atoms with Crippen molar-refractivity contribution in [1.29, 1.82) is 5.26 Å². The number of benzene rings is 4. The van der Waals surface area contributed by atoms with Crippen molar-refractivity contribution in [2.75, 3.05) is 0 Å². The van der Waals surface area contributed by atoms with E-state index >= 15 is 0 Å². The summed E-state index contributed by atoms with van der Waals surface area (Å²) in [5.41, 5.74) is 6.87. The van der Waals surface area contributed by atoms with Gasteiger partial charge < -0.3 is 20.8 Å². The van der Waals surface area contributed by atoms with Crippen LogP contribution in [-0.4, -0.2) is 25.5 Å². The van der Waals surface area contributed by atoms with Crippen LogP contribution in [0.15, 0.2) is 64.2 Å². The van der Waals surface area contributed by atoms with Gasteiger partial charge in [-0.1, -0.05) is 30.3 Å². The van der Waals surface area contributed by atoms with E-state index in [1.807, 2.05) is 0 Å². The first-order chi connectivity index (χ1) is 20.3. The van der Waals surface area contributed by atoms with Gasteiger partial charge in [0.1, 0.15) is 5.82 Å². The number of aryl methyl sites for hydroxylation is 1. The molecular formula is C33H26FN5O4. The van der Waals surface area contributed by atoms with Crippen LogP contribution >= 0.6 is 0 Å². The quantitative estimate of drug-likeness (QED) is 0.234. The second-order valence-corrected chi connectivity index (χ2v) is 11.2. The molecule has 9 nitrogen and oxygen atoms in total. The minimum absolute atomic E-state index is 0.0117. The van der Waals surface area contributed by atoms with Crippen LogP contribution < -0.4 is 17.0 Å². The molecule has 10 heteroatoms. The van der Waals surface area contributed by atoms with Crippen LogP contribution in [0.1, 0.15) is 46.5 Å². The molecule has 43 heavy (non-hydrogen) atoms. The SMILES string of the molecule is Cc1ccc2c(=O)n(-c3cccc(-c4c(C#N)cc(C(N)=O)c5[nH]c6cc(C(C)(C)O)ccc6c45)c3C)c(=O)[nH]c2c1F. The van der Waals surface area contributed by atoms with Crippen molar-refractivity contribution in [2.24, 2.45) is 5.73 Å². The molecule has 5 N–H and O–H groups in total. The van der Waals surface area contributed by atoms with Gasteiger partial charge in [0.15, 0.2) is 0 Å². The summed E-state index contributed by atoms with van der Waals surface area (Å²) in [6, 6.07) is 16.9. The van der Waals surface area contributed by atoms with E-state index in [0.29, 0.717) is 49.6 Å². The zero-order valence-electron chi connectivity index (χ0n) is 23.7. The number of rotatable bonds is 4. The maximum atomic E-state index is 14.8. The summed E-state index contributed by atoms with van der Waals surface area (Å²) in [7, 11) is 0. The maximum absolute atomic E-state index is 14.8. The highest BCUT2D eigenvalue weighted by atomic mass is 19.1. The molecule has 0 saturated heterocycles. The second-order valence-electron chi connectivity index (χ2n) is 11.2. The number of nitrogens with one attached hydrogen (secondary N) is 2. The monoisotopic (exact) mass is 575 g/mol. The smallest absolute Gasteiger partial charge is 0.333 e. The van der Waals surface area contributed by atoms with Crippen molar-refractivity contribution in [3.63, 3.8) is 0 Å². The molecule has 6 rings (SSSR count). The number of carbonyl (C=O) groups excluding carboxylic acids is 1. The Bertz CT molecular complexity index is 2350. The van der Waals surface area contributed by atoms with E-state index in [0.717, 1.165) is 4.57 Å². The predicted molar refractivity (Wildman–Crippen MR) is 163 cm³/mol. The van der Waals surface area contributed by atoms with Crippen molar-refractivity contribution >= 4 is 38.6 Å². The van der Waals surface area contributed by atoms with Gasteiger partial charge in [0, 0.05) is 21.9 Å². The van der Waals surface area contributed by atoms with Crippen molar-refractivity contribution in [1.82, 2.24) is 14.5 Å². The van der Waals surface area contributed by atoms with Crippen molar-refractivity contribution in [2.45, 2.75) is 33.3 Å². The summed E-state index contributed by atoms with van der Waals surface area (Å²) >= 11 is 0. The number of nitrogens with two attached hydrogens (primary N) is 1. The molecule has 0 atom stereocenters. The Labute approximate surface area is 243 Å². The van der Waals surface area contributed by atoms with Crippen LogP contribution in [0, 0.1) is 31.0 Å². The van der Waals surface area contributed by atoms with E-state index in [9.17, 15) is 29.1 Å². The number of aliphatic hydroxyl groups is 1. The molecule has 6 aromatic rings. The first-order valence-electron chi connectivity index (χ1n) is 13.4. The molecular weight excluding hydrogens is 549 g/mol. The number of hydrogen-bond acceptors (Lipinski definition) is 5. The van der Waals surface area contributed by atoms with E-state index in [1.54, 1.807) is 64.1 Å². The number of nitriles is 1. The lowest BCUT2D eigenvalue weighted by molar-refractivity contribution is 0.0787. The van der Waals surface area contributed by atoms with Gasteiger partial charge in [-0.2, -0.15) is 5.26 Å². The Morgan fingerprint density at radius 2 is 1.74 bits per heavy atom. The van der Waals surface area contributed by atoms with Gasteiger partial charge in [0.2, 0.25) is 0 Å². The molecule has 0 unspecified atom stereocenters. The highest BCUT2D eigenvalue weighted by Crippen LogP contribution is 2.41. The molecule has 1 amide bonds. The normalized spacial score (nSPS) is 11.8. The average Bonchev–Trinajstić information content (AvgIpc) is 3.33. The third-order valence-electron chi connectivity index (χ3n) is 7.99. The Morgan fingerprint density at radius 3 is 2.42 bits per heavy atom. The Hall–Kier alpha value is -5.53. The fourth-order valence-corrected chi connectivity index (χ4v) is 5.74. The number of carbonyl (C=O) groups is 1. The Morgan fingerprint density at radius 1 is 1.02 bits per heavy atom. The number of nitrogens with zero attached hydrogens (tertiary/aromatic N) is 2. The van der Waals surface area contributed by atoms with E-state index in [-0.39, 0.29) is 27.7 Å². The summed E-state index contributed by atoms with van der Waals surface area (Å²) in [5, 5.41) is 22.1. The number of amides is 1. The average molecular weight is 576 g/mol. The number of aromatic amines is 2. The number of hydrogen-bond donors (Lipinski definition) is 4. The lowest BCUT2D eigenvalue weighted by Gasteiger charge is -2.18. The van der Waals surface area contributed by atoms with Crippen molar-refractivity contribution < 1.29 is 14.3 Å². The van der Waals surface area contributed by atoms with Crippen LogP contribution in [0.2, 0.25) is 0 Å². The number of H-pyrrole nitrogens is 2. The molecule has 214 valence electrons. The number of fused-ring (bicyclic) bond motifs is 4. The van der Waals surface area contributed by atoms with Gasteiger partial charge in [-0.15, -0.1) is 0 Å². The standard InChI is InChI=1S/C33H26FN5O4/c1-15-8-10-21-29(27(15)34)38-32(42)39(31(21)41)24-7-5-6-19(16(24)2)25-17(14-35)12-22(30(36)40)28-26(25)20-11-9-18(33(3,4)43)13-23(20)37-28/h5-13,37,43H,1-4H3,(H2,36,40)(H,38,42). The molecule has 0 aliphatic carbocycles. The molecule has 0 fully saturated rings. The van der Waals surface area contributed by atoms with Crippen LogP contribution in [-0.2, 0) is 5.60 Å². The molecule has 0 radical (unpaired) electrons. The van der Waals surface area contributed by atoms with E-state index in [4.69, 9.17) is 5.73 Å². The van der Waals surface area contributed by atoms with Crippen molar-refractivity contribution in [3.05, 3.63) is 109 Å². The molecule has 2 heterocycles. The molecule has 0 bridgehead atoms. The third kappa shape index (κ3) is 4.13. The largest absolute Gasteiger partial charge is 0.386 e. The topological polar surface area (TPSA) is 158 Å². The van der Waals surface area contributed by atoms with Crippen LogP contribution in [0.4, 0.5) is 4.39 Å². The fraction of sp³-hybridized carbons (Fsp3) is 0.152. The first kappa shape index (κ1) is 27.6. The number of halogens is 1. The van der Waals surface area contributed by atoms with Crippen molar-refractivity contribution in [3.8, 4) is 22.9 Å². The van der Waals surface area contributed by atoms with E-state index < -0.39 is 28.6 Å². The van der Waals surface area contributed by atoms with Gasteiger partial charge in [0.05, 0.1) is 44.9 Å². The fourth-order valence-electron chi connectivity index (χ4n) is 5.74. The Balaban J connectivity index is 1.71. The highest BCUT2D eigenvalue weighted by Gasteiger charge is 2.25. The summed E-state index contributed by atoms with van der Waals surface area (Å²) < 4.78 is 15.7. The molecule has 0 saturated carbocycles. The lowest BCUT2D eigenvalue weighted by atomic mass is 9.89. The van der Waals surface area contributed by atoms with Gasteiger partial charge in [0.25, 0.3) is 11.5 Å².